The second kappa shape index (κ2) is 5.13. The van der Waals surface area contributed by atoms with E-state index in [9.17, 15) is 0 Å². The van der Waals surface area contributed by atoms with Gasteiger partial charge in [0, 0.05) is 18.2 Å². The number of rotatable bonds is 4. The normalized spacial score (nSPS) is 24.3. The van der Waals surface area contributed by atoms with Crippen molar-refractivity contribution in [2.24, 2.45) is 5.92 Å². The number of para-hydroxylation sites is 1. The van der Waals surface area contributed by atoms with Gasteiger partial charge in [0.2, 0.25) is 0 Å². The predicted molar refractivity (Wildman–Crippen MR) is 76.3 cm³/mol. The average molecular weight is 238 g/mol. The van der Waals surface area contributed by atoms with Crippen LogP contribution < -0.4 is 10.6 Å². The monoisotopic (exact) mass is 238 g/mol. The largest absolute Gasteiger partial charge is 0.385 e. The molecule has 0 amide bonds. The molecule has 1 aliphatic heterocycles. The Kier molecular flexibility index (Phi) is 3.18. The number of allylic oxidation sites excluding steroid dienone is 2. The first-order valence-corrected chi connectivity index (χ1v) is 6.52. The van der Waals surface area contributed by atoms with Gasteiger partial charge in [-0.15, -0.1) is 0 Å². The van der Waals surface area contributed by atoms with Crippen LogP contribution in [0.2, 0.25) is 0 Å². The molecule has 1 heterocycles. The minimum absolute atomic E-state index is 0.474. The van der Waals surface area contributed by atoms with Crippen LogP contribution >= 0.6 is 0 Å². The lowest BCUT2D eigenvalue weighted by molar-refractivity contribution is 0.620. The maximum Gasteiger partial charge on any atom is 0.0542 e. The van der Waals surface area contributed by atoms with Gasteiger partial charge in [-0.3, -0.25) is 0 Å². The van der Waals surface area contributed by atoms with Crippen molar-refractivity contribution in [1.29, 1.82) is 0 Å². The lowest BCUT2D eigenvalue weighted by Gasteiger charge is -2.19. The summed E-state index contributed by atoms with van der Waals surface area (Å²) < 4.78 is 0. The van der Waals surface area contributed by atoms with Crippen molar-refractivity contribution in [3.8, 4) is 0 Å². The number of hydrogen-bond donors (Lipinski definition) is 2. The fraction of sp³-hybridized carbons (Fsp3) is 0.250. The van der Waals surface area contributed by atoms with Gasteiger partial charge in [-0.05, 0) is 30.3 Å². The summed E-state index contributed by atoms with van der Waals surface area (Å²) in [6.07, 6.45) is 12.1. The molecule has 3 rings (SSSR count). The van der Waals surface area contributed by atoms with Crippen molar-refractivity contribution < 1.29 is 0 Å². The summed E-state index contributed by atoms with van der Waals surface area (Å²) in [7, 11) is 0. The fourth-order valence-corrected chi connectivity index (χ4v) is 2.57. The zero-order chi connectivity index (χ0) is 12.2. The van der Waals surface area contributed by atoms with Crippen molar-refractivity contribution in [3.63, 3.8) is 0 Å². The lowest BCUT2D eigenvalue weighted by Crippen LogP contribution is -2.25. The van der Waals surface area contributed by atoms with E-state index in [2.05, 4.69) is 65.4 Å². The quantitative estimate of drug-likeness (QED) is 0.842. The highest BCUT2D eigenvalue weighted by Gasteiger charge is 2.25. The summed E-state index contributed by atoms with van der Waals surface area (Å²) in [6.45, 7) is 0.984. The lowest BCUT2D eigenvalue weighted by atomic mass is 9.90. The van der Waals surface area contributed by atoms with Gasteiger partial charge in [0.15, 0.2) is 0 Å². The van der Waals surface area contributed by atoms with E-state index in [0.29, 0.717) is 12.0 Å². The first-order chi connectivity index (χ1) is 8.93. The molecule has 0 saturated carbocycles. The summed E-state index contributed by atoms with van der Waals surface area (Å²) in [5.41, 5.74) is 2.68. The molecule has 0 bridgehead atoms. The topological polar surface area (TPSA) is 24.1 Å². The Morgan fingerprint density at radius 1 is 1.06 bits per heavy atom. The van der Waals surface area contributed by atoms with Gasteiger partial charge in [0.05, 0.1) is 6.04 Å². The second-order valence-electron chi connectivity index (χ2n) is 4.75. The standard InChI is InChI=1S/C16H18N2/c1-2-6-14(7-3-1)17-11-10-13-12-18-16-9-5-4-8-15(13)16/h1-9,12,15-18H,10-11H2. The summed E-state index contributed by atoms with van der Waals surface area (Å²) in [4.78, 5) is 0. The van der Waals surface area contributed by atoms with Crippen LogP contribution in [0.3, 0.4) is 0 Å². The third-order valence-electron chi connectivity index (χ3n) is 3.54. The van der Waals surface area contributed by atoms with E-state index >= 15 is 0 Å². The summed E-state index contributed by atoms with van der Waals surface area (Å²) in [5, 5.41) is 6.89. The van der Waals surface area contributed by atoms with Gasteiger partial charge in [-0.1, -0.05) is 42.5 Å². The van der Waals surface area contributed by atoms with Crippen molar-refractivity contribution >= 4 is 5.69 Å². The third-order valence-corrected chi connectivity index (χ3v) is 3.54. The van der Waals surface area contributed by atoms with Crippen LogP contribution in [-0.4, -0.2) is 12.6 Å². The Labute approximate surface area is 108 Å². The van der Waals surface area contributed by atoms with Crippen LogP contribution in [0.5, 0.6) is 0 Å². The molecule has 2 heteroatoms. The molecule has 0 aromatic heterocycles. The Morgan fingerprint density at radius 3 is 2.78 bits per heavy atom. The Morgan fingerprint density at radius 2 is 1.89 bits per heavy atom. The van der Waals surface area contributed by atoms with Crippen LogP contribution in [0.1, 0.15) is 6.42 Å². The second-order valence-corrected chi connectivity index (χ2v) is 4.75. The summed E-state index contributed by atoms with van der Waals surface area (Å²) in [5.74, 6) is 0.549. The van der Waals surface area contributed by atoms with Gasteiger partial charge >= 0.3 is 0 Å². The molecule has 2 aliphatic rings. The average Bonchev–Trinajstić information content (AvgIpc) is 2.84. The molecular formula is C16H18N2. The smallest absolute Gasteiger partial charge is 0.0542 e. The van der Waals surface area contributed by atoms with Crippen LogP contribution in [0, 0.1) is 5.92 Å². The number of hydrogen-bond acceptors (Lipinski definition) is 2. The number of anilines is 1. The van der Waals surface area contributed by atoms with Gasteiger partial charge < -0.3 is 10.6 Å². The van der Waals surface area contributed by atoms with E-state index in [-0.39, 0.29) is 0 Å². The molecule has 2 unspecified atom stereocenters. The van der Waals surface area contributed by atoms with Crippen LogP contribution in [0.25, 0.3) is 0 Å². The van der Waals surface area contributed by atoms with E-state index in [1.165, 1.54) is 11.3 Å². The van der Waals surface area contributed by atoms with Crippen LogP contribution in [0.15, 0.2) is 66.4 Å². The van der Waals surface area contributed by atoms with Crippen LogP contribution in [0.4, 0.5) is 5.69 Å². The molecule has 2 N–H and O–H groups in total. The highest BCUT2D eigenvalue weighted by atomic mass is 14.9. The maximum absolute atomic E-state index is 3.46. The highest BCUT2D eigenvalue weighted by molar-refractivity contribution is 5.42. The van der Waals surface area contributed by atoms with E-state index in [1.54, 1.807) is 0 Å². The first kappa shape index (κ1) is 11.1. The number of nitrogens with one attached hydrogen (secondary N) is 2. The Hall–Kier alpha value is -1.96. The minimum Gasteiger partial charge on any atom is -0.385 e. The van der Waals surface area contributed by atoms with Crippen molar-refractivity contribution in [3.05, 3.63) is 66.4 Å². The molecule has 92 valence electrons. The van der Waals surface area contributed by atoms with Crippen molar-refractivity contribution in [2.75, 3.05) is 11.9 Å². The molecule has 1 aromatic rings. The molecule has 2 atom stereocenters. The predicted octanol–water partition coefficient (Wildman–Crippen LogP) is 3.09. The van der Waals surface area contributed by atoms with Gasteiger partial charge in [-0.25, -0.2) is 0 Å². The van der Waals surface area contributed by atoms with Gasteiger partial charge in [-0.2, -0.15) is 0 Å². The zero-order valence-electron chi connectivity index (χ0n) is 10.3. The number of benzene rings is 1. The van der Waals surface area contributed by atoms with E-state index < -0.39 is 0 Å². The third kappa shape index (κ3) is 2.33. The highest BCUT2D eigenvalue weighted by Crippen LogP contribution is 2.28. The number of fused-ring (bicyclic) bond motifs is 1. The molecule has 2 nitrogen and oxygen atoms in total. The molecule has 0 fully saturated rings. The molecular weight excluding hydrogens is 220 g/mol. The van der Waals surface area contributed by atoms with E-state index in [1.807, 2.05) is 6.07 Å². The SMILES string of the molecule is C1=CC2NC=C(CCNc3ccccc3)C2C=C1. The van der Waals surface area contributed by atoms with Crippen LogP contribution in [-0.2, 0) is 0 Å². The molecule has 1 aromatic carbocycles. The summed E-state index contributed by atoms with van der Waals surface area (Å²) in [6, 6.07) is 10.8. The zero-order valence-corrected chi connectivity index (χ0v) is 10.3. The van der Waals surface area contributed by atoms with Gasteiger partial charge in [0.25, 0.3) is 0 Å². The summed E-state index contributed by atoms with van der Waals surface area (Å²) >= 11 is 0. The first-order valence-electron chi connectivity index (χ1n) is 6.52. The molecule has 0 spiro atoms. The molecule has 0 radical (unpaired) electrons. The Balaban J connectivity index is 1.52. The molecule has 18 heavy (non-hydrogen) atoms. The Bertz CT molecular complexity index is 485. The molecule has 1 aliphatic carbocycles. The van der Waals surface area contributed by atoms with Gasteiger partial charge in [0.1, 0.15) is 0 Å². The maximum atomic E-state index is 3.46. The molecule has 0 saturated heterocycles. The minimum atomic E-state index is 0.474. The fourth-order valence-electron chi connectivity index (χ4n) is 2.57. The van der Waals surface area contributed by atoms with Crippen molar-refractivity contribution in [1.82, 2.24) is 5.32 Å². The van der Waals surface area contributed by atoms with E-state index in [4.69, 9.17) is 0 Å². The van der Waals surface area contributed by atoms with Crippen molar-refractivity contribution in [2.45, 2.75) is 12.5 Å². The van der Waals surface area contributed by atoms with E-state index in [0.717, 1.165) is 13.0 Å².